The van der Waals surface area contributed by atoms with Crippen LogP contribution in [0.1, 0.15) is 25.7 Å². The number of hydrogen-bond acceptors (Lipinski definition) is 4. The second-order valence-electron chi connectivity index (χ2n) is 4.38. The zero-order valence-electron chi connectivity index (χ0n) is 10.0. The Kier molecular flexibility index (Phi) is 5.77. The topological polar surface area (TPSA) is 92.4 Å². The number of amides is 1. The van der Waals surface area contributed by atoms with Gasteiger partial charge in [-0.1, -0.05) is 6.42 Å². The SMILES string of the molecule is CSCCC(NC(=O)C1CCCC1N)C(=O)O. The second kappa shape index (κ2) is 6.86. The number of carbonyl (C=O) groups excluding carboxylic acids is 1. The molecule has 0 saturated heterocycles. The van der Waals surface area contributed by atoms with E-state index in [1.165, 1.54) is 0 Å². The molecule has 5 nitrogen and oxygen atoms in total. The van der Waals surface area contributed by atoms with Gasteiger partial charge in [0.05, 0.1) is 5.92 Å². The molecule has 1 rings (SSSR count). The van der Waals surface area contributed by atoms with Gasteiger partial charge in [-0.2, -0.15) is 11.8 Å². The summed E-state index contributed by atoms with van der Waals surface area (Å²) in [5.74, 6) is -0.679. The van der Waals surface area contributed by atoms with Crippen molar-refractivity contribution in [2.24, 2.45) is 11.7 Å². The standard InChI is InChI=1S/C11H20N2O3S/c1-17-6-5-9(11(15)16)13-10(14)7-3-2-4-8(7)12/h7-9H,2-6,12H2,1H3,(H,13,14)(H,15,16). The van der Waals surface area contributed by atoms with Crippen molar-refractivity contribution in [3.05, 3.63) is 0 Å². The zero-order chi connectivity index (χ0) is 12.8. The average molecular weight is 260 g/mol. The quantitative estimate of drug-likeness (QED) is 0.644. The van der Waals surface area contributed by atoms with E-state index in [9.17, 15) is 9.59 Å². The number of carboxylic acid groups (broad SMARTS) is 1. The minimum Gasteiger partial charge on any atom is -0.480 e. The summed E-state index contributed by atoms with van der Waals surface area (Å²) < 4.78 is 0. The first-order chi connectivity index (χ1) is 8.06. The average Bonchev–Trinajstić information content (AvgIpc) is 2.70. The number of nitrogens with one attached hydrogen (secondary N) is 1. The predicted molar refractivity (Wildman–Crippen MR) is 67.9 cm³/mol. The molecular formula is C11H20N2O3S. The Hall–Kier alpha value is -0.750. The molecule has 98 valence electrons. The first kappa shape index (κ1) is 14.3. The van der Waals surface area contributed by atoms with E-state index in [0.717, 1.165) is 19.3 Å². The van der Waals surface area contributed by atoms with Crippen LogP contribution in [0.15, 0.2) is 0 Å². The smallest absolute Gasteiger partial charge is 0.326 e. The molecule has 1 amide bonds. The van der Waals surface area contributed by atoms with E-state index >= 15 is 0 Å². The summed E-state index contributed by atoms with van der Waals surface area (Å²) in [6.07, 6.45) is 4.92. The van der Waals surface area contributed by atoms with E-state index in [4.69, 9.17) is 10.8 Å². The van der Waals surface area contributed by atoms with Gasteiger partial charge in [0, 0.05) is 6.04 Å². The van der Waals surface area contributed by atoms with Crippen LogP contribution in [-0.4, -0.2) is 41.1 Å². The normalized spacial score (nSPS) is 25.5. The lowest BCUT2D eigenvalue weighted by atomic mass is 10.0. The molecule has 0 spiro atoms. The van der Waals surface area contributed by atoms with Crippen LogP contribution < -0.4 is 11.1 Å². The van der Waals surface area contributed by atoms with Gasteiger partial charge in [-0.25, -0.2) is 4.79 Å². The van der Waals surface area contributed by atoms with E-state index in [2.05, 4.69) is 5.32 Å². The van der Waals surface area contributed by atoms with E-state index in [1.54, 1.807) is 11.8 Å². The third-order valence-electron chi connectivity index (χ3n) is 3.13. The highest BCUT2D eigenvalue weighted by atomic mass is 32.2. The molecule has 0 aromatic carbocycles. The molecule has 0 aliphatic heterocycles. The fourth-order valence-electron chi connectivity index (χ4n) is 2.09. The van der Waals surface area contributed by atoms with Gasteiger partial charge in [-0.3, -0.25) is 4.79 Å². The molecule has 0 aromatic heterocycles. The number of aliphatic carboxylic acids is 1. The number of nitrogens with two attached hydrogens (primary N) is 1. The van der Waals surface area contributed by atoms with Crippen molar-refractivity contribution in [3.63, 3.8) is 0 Å². The number of carboxylic acids is 1. The van der Waals surface area contributed by atoms with Gasteiger partial charge < -0.3 is 16.2 Å². The van der Waals surface area contributed by atoms with Crippen LogP contribution in [0.4, 0.5) is 0 Å². The molecule has 17 heavy (non-hydrogen) atoms. The zero-order valence-corrected chi connectivity index (χ0v) is 10.8. The number of rotatable bonds is 6. The lowest BCUT2D eigenvalue weighted by Gasteiger charge is -2.19. The maximum atomic E-state index is 11.9. The molecule has 0 radical (unpaired) electrons. The lowest BCUT2D eigenvalue weighted by molar-refractivity contribution is -0.142. The molecule has 1 aliphatic carbocycles. The molecule has 0 heterocycles. The van der Waals surface area contributed by atoms with Gasteiger partial charge >= 0.3 is 5.97 Å². The Morgan fingerprint density at radius 3 is 2.71 bits per heavy atom. The Balaban J connectivity index is 2.48. The van der Waals surface area contributed by atoms with E-state index in [-0.39, 0.29) is 17.9 Å². The summed E-state index contributed by atoms with van der Waals surface area (Å²) in [5.41, 5.74) is 5.82. The van der Waals surface area contributed by atoms with Gasteiger partial charge in [0.2, 0.25) is 5.91 Å². The van der Waals surface area contributed by atoms with E-state index in [0.29, 0.717) is 12.2 Å². The molecule has 6 heteroatoms. The summed E-state index contributed by atoms with van der Waals surface area (Å²) >= 11 is 1.57. The van der Waals surface area contributed by atoms with Crippen molar-refractivity contribution >= 4 is 23.6 Å². The summed E-state index contributed by atoms with van der Waals surface area (Å²) in [7, 11) is 0. The van der Waals surface area contributed by atoms with E-state index in [1.807, 2.05) is 6.26 Å². The number of hydrogen-bond donors (Lipinski definition) is 3. The van der Waals surface area contributed by atoms with Crippen LogP contribution in [-0.2, 0) is 9.59 Å². The fraction of sp³-hybridized carbons (Fsp3) is 0.818. The summed E-state index contributed by atoms with van der Waals surface area (Å²) in [4.78, 5) is 22.9. The molecule has 1 fully saturated rings. The molecule has 1 saturated carbocycles. The van der Waals surface area contributed by atoms with Crippen molar-refractivity contribution in [1.82, 2.24) is 5.32 Å². The fourth-order valence-corrected chi connectivity index (χ4v) is 2.56. The van der Waals surface area contributed by atoms with Crippen LogP contribution in [0, 0.1) is 5.92 Å². The predicted octanol–water partition coefficient (Wildman–Crippen LogP) is 0.436. The van der Waals surface area contributed by atoms with Crippen molar-refractivity contribution in [3.8, 4) is 0 Å². The van der Waals surface area contributed by atoms with Crippen LogP contribution >= 0.6 is 11.8 Å². The van der Waals surface area contributed by atoms with Gasteiger partial charge in [0.1, 0.15) is 6.04 Å². The third-order valence-corrected chi connectivity index (χ3v) is 3.78. The number of thioether (sulfide) groups is 1. The molecule has 0 aromatic rings. The lowest BCUT2D eigenvalue weighted by Crippen LogP contribution is -2.46. The van der Waals surface area contributed by atoms with Crippen LogP contribution in [0.25, 0.3) is 0 Å². The third kappa shape index (κ3) is 4.20. The first-order valence-electron chi connectivity index (χ1n) is 5.84. The largest absolute Gasteiger partial charge is 0.480 e. The maximum Gasteiger partial charge on any atom is 0.326 e. The minimum atomic E-state index is -0.973. The van der Waals surface area contributed by atoms with Crippen molar-refractivity contribution in [1.29, 1.82) is 0 Å². The Morgan fingerprint density at radius 1 is 1.53 bits per heavy atom. The summed E-state index contributed by atoms with van der Waals surface area (Å²) in [6.45, 7) is 0. The van der Waals surface area contributed by atoms with Crippen LogP contribution in [0.3, 0.4) is 0 Å². The summed E-state index contributed by atoms with van der Waals surface area (Å²) in [5, 5.41) is 11.6. The van der Waals surface area contributed by atoms with Crippen LogP contribution in [0.5, 0.6) is 0 Å². The van der Waals surface area contributed by atoms with Gasteiger partial charge in [0.15, 0.2) is 0 Å². The van der Waals surface area contributed by atoms with Gasteiger partial charge in [-0.05, 0) is 31.3 Å². The molecular weight excluding hydrogens is 240 g/mol. The van der Waals surface area contributed by atoms with Gasteiger partial charge in [-0.15, -0.1) is 0 Å². The van der Waals surface area contributed by atoms with E-state index < -0.39 is 12.0 Å². The monoisotopic (exact) mass is 260 g/mol. The second-order valence-corrected chi connectivity index (χ2v) is 5.37. The highest BCUT2D eigenvalue weighted by Crippen LogP contribution is 2.24. The van der Waals surface area contributed by atoms with Crippen molar-refractivity contribution < 1.29 is 14.7 Å². The Morgan fingerprint density at radius 2 is 2.24 bits per heavy atom. The maximum absolute atomic E-state index is 11.9. The Labute approximate surface area is 106 Å². The molecule has 0 bridgehead atoms. The minimum absolute atomic E-state index is 0.120. The van der Waals surface area contributed by atoms with Crippen molar-refractivity contribution in [2.75, 3.05) is 12.0 Å². The highest BCUT2D eigenvalue weighted by Gasteiger charge is 2.32. The first-order valence-corrected chi connectivity index (χ1v) is 7.23. The highest BCUT2D eigenvalue weighted by molar-refractivity contribution is 7.98. The molecule has 3 unspecified atom stereocenters. The number of carbonyl (C=O) groups is 2. The molecule has 3 atom stereocenters. The van der Waals surface area contributed by atoms with Gasteiger partial charge in [0.25, 0.3) is 0 Å². The molecule has 4 N–H and O–H groups in total. The van der Waals surface area contributed by atoms with Crippen LogP contribution in [0.2, 0.25) is 0 Å². The summed E-state index contributed by atoms with van der Waals surface area (Å²) in [6, 6.07) is -0.909. The Bertz CT molecular complexity index is 286. The molecule has 1 aliphatic rings. The van der Waals surface area contributed by atoms with Crippen molar-refractivity contribution in [2.45, 2.75) is 37.8 Å².